The molecule has 0 aliphatic carbocycles. The first-order valence-electron chi connectivity index (χ1n) is 10.1. The van der Waals surface area contributed by atoms with Crippen molar-refractivity contribution in [2.24, 2.45) is 0 Å². The molecule has 0 aromatic heterocycles. The van der Waals surface area contributed by atoms with E-state index in [0.717, 1.165) is 22.4 Å². The van der Waals surface area contributed by atoms with Gasteiger partial charge in [0.2, 0.25) is 0 Å². The predicted molar refractivity (Wildman–Crippen MR) is 121 cm³/mol. The van der Waals surface area contributed by atoms with Gasteiger partial charge < -0.3 is 10.1 Å². The Labute approximate surface area is 182 Å². The Balaban J connectivity index is 1.72. The number of anilines is 1. The zero-order valence-corrected chi connectivity index (χ0v) is 17.8. The molecule has 1 N–H and O–H groups in total. The number of hydrogen-bond acceptors (Lipinski definition) is 4. The zero-order chi connectivity index (χ0) is 22.0. The van der Waals surface area contributed by atoms with Gasteiger partial charge in [0.25, 0.3) is 11.8 Å². The number of benzene rings is 3. The first-order valence-corrected chi connectivity index (χ1v) is 10.1. The number of methoxy groups -OCH3 is 1. The fourth-order valence-corrected chi connectivity index (χ4v) is 3.52. The fraction of sp³-hybridized carbons (Fsp3) is 0.154. The van der Waals surface area contributed by atoms with E-state index >= 15 is 0 Å². The largest absolute Gasteiger partial charge is 0.497 e. The molecular formula is C26H24N2O3. The topological polar surface area (TPSA) is 58.6 Å². The molecule has 0 saturated heterocycles. The van der Waals surface area contributed by atoms with Crippen molar-refractivity contribution in [3.63, 3.8) is 0 Å². The van der Waals surface area contributed by atoms with Crippen LogP contribution in [0, 0.1) is 13.8 Å². The van der Waals surface area contributed by atoms with Crippen molar-refractivity contribution in [3.8, 4) is 5.75 Å². The summed E-state index contributed by atoms with van der Waals surface area (Å²) >= 11 is 0. The highest BCUT2D eigenvalue weighted by atomic mass is 16.5. The third kappa shape index (κ3) is 4.21. The van der Waals surface area contributed by atoms with E-state index in [0.29, 0.717) is 16.9 Å². The molecule has 5 heteroatoms. The van der Waals surface area contributed by atoms with Crippen LogP contribution in [0.25, 0.3) is 5.57 Å². The van der Waals surface area contributed by atoms with Gasteiger partial charge in [-0.2, -0.15) is 0 Å². The van der Waals surface area contributed by atoms with E-state index in [4.69, 9.17) is 4.74 Å². The molecule has 0 spiro atoms. The molecule has 0 bridgehead atoms. The Morgan fingerprint density at radius 1 is 0.774 bits per heavy atom. The monoisotopic (exact) mass is 412 g/mol. The standard InChI is InChI=1S/C26H24N2O3/c1-17-4-8-19(9-5-17)16-28-25(29)23(20-10-14-22(31-3)15-11-20)24(26(28)30)27-21-12-6-18(2)7-13-21/h4-15,27H,16H2,1-3H3. The van der Waals surface area contributed by atoms with Crippen LogP contribution in [-0.4, -0.2) is 23.8 Å². The quantitative estimate of drug-likeness (QED) is 0.596. The summed E-state index contributed by atoms with van der Waals surface area (Å²) in [5.74, 6) is 0.0352. The molecule has 31 heavy (non-hydrogen) atoms. The highest BCUT2D eigenvalue weighted by Crippen LogP contribution is 2.32. The minimum atomic E-state index is -0.336. The lowest BCUT2D eigenvalue weighted by molar-refractivity contribution is -0.137. The van der Waals surface area contributed by atoms with Gasteiger partial charge in [-0.1, -0.05) is 59.7 Å². The van der Waals surface area contributed by atoms with E-state index in [9.17, 15) is 9.59 Å². The second-order valence-corrected chi connectivity index (χ2v) is 7.65. The number of rotatable bonds is 6. The Morgan fingerprint density at radius 2 is 1.35 bits per heavy atom. The van der Waals surface area contributed by atoms with Gasteiger partial charge in [-0.3, -0.25) is 14.5 Å². The maximum Gasteiger partial charge on any atom is 0.278 e. The second-order valence-electron chi connectivity index (χ2n) is 7.65. The van der Waals surface area contributed by atoms with Crippen molar-refractivity contribution >= 4 is 23.1 Å². The van der Waals surface area contributed by atoms with Crippen LogP contribution in [0.1, 0.15) is 22.3 Å². The number of carbonyl (C=O) groups excluding carboxylic acids is 2. The molecular weight excluding hydrogens is 388 g/mol. The van der Waals surface area contributed by atoms with E-state index in [-0.39, 0.29) is 24.1 Å². The zero-order valence-electron chi connectivity index (χ0n) is 17.8. The average molecular weight is 412 g/mol. The Kier molecular flexibility index (Phi) is 5.58. The predicted octanol–water partition coefficient (Wildman–Crippen LogP) is 4.70. The molecule has 0 fully saturated rings. The van der Waals surface area contributed by atoms with E-state index < -0.39 is 0 Å². The molecule has 0 radical (unpaired) electrons. The van der Waals surface area contributed by atoms with Gasteiger partial charge in [0.05, 0.1) is 19.2 Å². The summed E-state index contributed by atoms with van der Waals surface area (Å²) in [7, 11) is 1.59. The van der Waals surface area contributed by atoms with Gasteiger partial charge >= 0.3 is 0 Å². The molecule has 0 saturated carbocycles. The second kappa shape index (κ2) is 8.48. The normalized spacial score (nSPS) is 13.7. The number of ether oxygens (including phenoxy) is 1. The number of aryl methyl sites for hydroxylation is 2. The van der Waals surface area contributed by atoms with Crippen molar-refractivity contribution < 1.29 is 14.3 Å². The van der Waals surface area contributed by atoms with Crippen molar-refractivity contribution in [2.75, 3.05) is 12.4 Å². The Morgan fingerprint density at radius 3 is 1.94 bits per heavy atom. The van der Waals surface area contributed by atoms with E-state index in [1.165, 1.54) is 4.90 Å². The summed E-state index contributed by atoms with van der Waals surface area (Å²) in [5, 5.41) is 3.19. The summed E-state index contributed by atoms with van der Waals surface area (Å²) in [6.45, 7) is 4.22. The van der Waals surface area contributed by atoms with Crippen LogP contribution in [-0.2, 0) is 16.1 Å². The van der Waals surface area contributed by atoms with Crippen LogP contribution < -0.4 is 10.1 Å². The SMILES string of the molecule is COc1ccc(C2=C(Nc3ccc(C)cc3)C(=O)N(Cc3ccc(C)cc3)C2=O)cc1. The van der Waals surface area contributed by atoms with Crippen LogP contribution in [0.3, 0.4) is 0 Å². The van der Waals surface area contributed by atoms with E-state index in [1.807, 2.05) is 62.4 Å². The van der Waals surface area contributed by atoms with Gasteiger partial charge in [-0.15, -0.1) is 0 Å². The lowest BCUT2D eigenvalue weighted by Gasteiger charge is -2.15. The highest BCUT2D eigenvalue weighted by molar-refractivity contribution is 6.36. The molecule has 1 aliphatic rings. The Bertz CT molecular complexity index is 1140. The summed E-state index contributed by atoms with van der Waals surface area (Å²) in [4.78, 5) is 28.0. The fourth-order valence-electron chi connectivity index (χ4n) is 3.52. The number of amides is 2. The minimum Gasteiger partial charge on any atom is -0.497 e. The minimum absolute atomic E-state index is 0.219. The third-order valence-corrected chi connectivity index (χ3v) is 5.33. The lowest BCUT2D eigenvalue weighted by Crippen LogP contribution is -2.32. The van der Waals surface area contributed by atoms with Crippen molar-refractivity contribution in [2.45, 2.75) is 20.4 Å². The summed E-state index contributed by atoms with van der Waals surface area (Å²) in [6, 6.07) is 22.7. The number of imide groups is 1. The van der Waals surface area contributed by atoms with Gasteiger partial charge in [0, 0.05) is 5.69 Å². The Hall–Kier alpha value is -3.86. The van der Waals surface area contributed by atoms with Crippen molar-refractivity contribution in [3.05, 3.63) is 101 Å². The number of carbonyl (C=O) groups is 2. The molecule has 1 heterocycles. The van der Waals surface area contributed by atoms with Crippen molar-refractivity contribution in [1.82, 2.24) is 4.90 Å². The maximum atomic E-state index is 13.4. The van der Waals surface area contributed by atoms with Crippen LogP contribution in [0.5, 0.6) is 5.75 Å². The lowest BCUT2D eigenvalue weighted by atomic mass is 10.0. The van der Waals surface area contributed by atoms with E-state index in [1.54, 1.807) is 31.4 Å². The molecule has 3 aromatic carbocycles. The summed E-state index contributed by atoms with van der Waals surface area (Å²) < 4.78 is 5.23. The summed E-state index contributed by atoms with van der Waals surface area (Å²) in [5.41, 5.74) is 5.21. The maximum absolute atomic E-state index is 13.4. The molecule has 5 nitrogen and oxygen atoms in total. The molecule has 0 atom stereocenters. The third-order valence-electron chi connectivity index (χ3n) is 5.33. The van der Waals surface area contributed by atoms with Gasteiger partial charge in [0.15, 0.2) is 0 Å². The van der Waals surface area contributed by atoms with Crippen LogP contribution in [0.15, 0.2) is 78.5 Å². The van der Waals surface area contributed by atoms with Crippen LogP contribution in [0.2, 0.25) is 0 Å². The first kappa shape index (κ1) is 20.4. The number of nitrogens with one attached hydrogen (secondary N) is 1. The van der Waals surface area contributed by atoms with Crippen LogP contribution in [0.4, 0.5) is 5.69 Å². The molecule has 156 valence electrons. The average Bonchev–Trinajstić information content (AvgIpc) is 3.01. The molecule has 0 unspecified atom stereocenters. The van der Waals surface area contributed by atoms with Gasteiger partial charge in [-0.25, -0.2) is 0 Å². The van der Waals surface area contributed by atoms with Gasteiger partial charge in [0.1, 0.15) is 11.4 Å². The van der Waals surface area contributed by atoms with E-state index in [2.05, 4.69) is 5.32 Å². The van der Waals surface area contributed by atoms with Crippen LogP contribution >= 0.6 is 0 Å². The summed E-state index contributed by atoms with van der Waals surface area (Å²) in [6.07, 6.45) is 0. The highest BCUT2D eigenvalue weighted by Gasteiger charge is 2.39. The molecule has 1 aliphatic heterocycles. The molecule has 3 aromatic rings. The molecule has 2 amide bonds. The smallest absolute Gasteiger partial charge is 0.278 e. The molecule has 4 rings (SSSR count). The number of nitrogens with zero attached hydrogens (tertiary/aromatic N) is 1. The van der Waals surface area contributed by atoms with Gasteiger partial charge in [-0.05, 0) is 49.2 Å². The van der Waals surface area contributed by atoms with Crippen molar-refractivity contribution in [1.29, 1.82) is 0 Å². The number of hydrogen-bond donors (Lipinski definition) is 1. The first-order chi connectivity index (χ1) is 15.0.